The first kappa shape index (κ1) is 14.3. The number of nitrogens with zero attached hydrogens (tertiary/aromatic N) is 1. The molecule has 0 aliphatic carbocycles. The van der Waals surface area contributed by atoms with E-state index in [0.717, 1.165) is 23.0 Å². The summed E-state index contributed by atoms with van der Waals surface area (Å²) in [6.45, 7) is 0.476. The SMILES string of the molecule is NCC(CCc1oncc1C(N)=O)c1coc2ccccc12. The third kappa shape index (κ3) is 2.60. The molecule has 4 N–H and O–H groups in total. The highest BCUT2D eigenvalue weighted by atomic mass is 16.5. The van der Waals surface area contributed by atoms with E-state index in [4.69, 9.17) is 20.4 Å². The largest absolute Gasteiger partial charge is 0.464 e. The summed E-state index contributed by atoms with van der Waals surface area (Å²) in [7, 11) is 0. The number of nitrogens with two attached hydrogens (primary N) is 2. The van der Waals surface area contributed by atoms with Crippen molar-refractivity contribution < 1.29 is 13.7 Å². The number of para-hydroxylation sites is 1. The van der Waals surface area contributed by atoms with Gasteiger partial charge in [0.25, 0.3) is 5.91 Å². The number of hydrogen-bond acceptors (Lipinski definition) is 5. The van der Waals surface area contributed by atoms with Crippen molar-refractivity contribution in [2.75, 3.05) is 6.54 Å². The number of benzene rings is 1. The molecular formula is C16H17N3O3. The number of hydrogen-bond donors (Lipinski definition) is 2. The second-order valence-corrected chi connectivity index (χ2v) is 5.19. The molecule has 3 aromatic rings. The van der Waals surface area contributed by atoms with E-state index in [1.54, 1.807) is 6.26 Å². The molecule has 0 saturated heterocycles. The highest BCUT2D eigenvalue weighted by Gasteiger charge is 2.19. The maximum atomic E-state index is 11.3. The lowest BCUT2D eigenvalue weighted by Crippen LogP contribution is -2.15. The lowest BCUT2D eigenvalue weighted by molar-refractivity contribution is 0.0998. The second kappa shape index (κ2) is 6.03. The third-order valence-electron chi connectivity index (χ3n) is 3.87. The van der Waals surface area contributed by atoms with Crippen molar-refractivity contribution in [1.82, 2.24) is 5.16 Å². The molecule has 3 rings (SSSR count). The van der Waals surface area contributed by atoms with Crippen molar-refractivity contribution in [3.63, 3.8) is 0 Å². The quantitative estimate of drug-likeness (QED) is 0.725. The Balaban J connectivity index is 1.80. The Labute approximate surface area is 127 Å². The van der Waals surface area contributed by atoms with Gasteiger partial charge in [0.15, 0.2) is 0 Å². The molecule has 2 aromatic heterocycles. The fraction of sp³-hybridized carbons (Fsp3) is 0.250. The van der Waals surface area contributed by atoms with Gasteiger partial charge in [-0.2, -0.15) is 0 Å². The number of furan rings is 1. The van der Waals surface area contributed by atoms with Crippen LogP contribution in [0.15, 0.2) is 45.7 Å². The van der Waals surface area contributed by atoms with Crippen LogP contribution < -0.4 is 11.5 Å². The topological polar surface area (TPSA) is 108 Å². The number of aryl methyl sites for hydroxylation is 1. The Morgan fingerprint density at radius 1 is 1.32 bits per heavy atom. The molecular weight excluding hydrogens is 282 g/mol. The average Bonchev–Trinajstić information content (AvgIpc) is 3.15. The molecule has 0 bridgehead atoms. The Kier molecular flexibility index (Phi) is 3.93. The Morgan fingerprint density at radius 3 is 2.91 bits per heavy atom. The van der Waals surface area contributed by atoms with Gasteiger partial charge in [-0.3, -0.25) is 4.79 Å². The fourth-order valence-corrected chi connectivity index (χ4v) is 2.67. The average molecular weight is 299 g/mol. The molecule has 1 atom stereocenters. The van der Waals surface area contributed by atoms with Gasteiger partial charge in [0.2, 0.25) is 0 Å². The van der Waals surface area contributed by atoms with Crippen LogP contribution in [0.5, 0.6) is 0 Å². The van der Waals surface area contributed by atoms with Crippen LogP contribution in [-0.2, 0) is 6.42 Å². The van der Waals surface area contributed by atoms with Crippen molar-refractivity contribution in [2.24, 2.45) is 11.5 Å². The fourth-order valence-electron chi connectivity index (χ4n) is 2.67. The molecule has 2 heterocycles. The Morgan fingerprint density at radius 2 is 2.14 bits per heavy atom. The zero-order valence-corrected chi connectivity index (χ0v) is 12.0. The number of amides is 1. The van der Waals surface area contributed by atoms with Crippen LogP contribution in [0.4, 0.5) is 0 Å². The standard InChI is InChI=1S/C16H17N3O3/c17-7-10(5-6-15-12(16(18)20)8-19-22-15)13-9-21-14-4-2-1-3-11(13)14/h1-4,8-10H,5-7,17H2,(H2,18,20). The van der Waals surface area contributed by atoms with Crippen molar-refractivity contribution in [3.05, 3.63) is 53.6 Å². The van der Waals surface area contributed by atoms with Gasteiger partial charge in [-0.05, 0) is 19.0 Å². The highest BCUT2D eigenvalue weighted by Crippen LogP contribution is 2.30. The summed E-state index contributed by atoms with van der Waals surface area (Å²) in [5.41, 5.74) is 13.4. The Bertz CT molecular complexity index is 791. The molecule has 114 valence electrons. The van der Waals surface area contributed by atoms with Crippen molar-refractivity contribution in [2.45, 2.75) is 18.8 Å². The monoisotopic (exact) mass is 299 g/mol. The molecule has 22 heavy (non-hydrogen) atoms. The molecule has 0 saturated carbocycles. The zero-order chi connectivity index (χ0) is 15.5. The number of aromatic nitrogens is 1. The number of carbonyl (C=O) groups is 1. The minimum absolute atomic E-state index is 0.106. The van der Waals surface area contributed by atoms with Gasteiger partial charge >= 0.3 is 0 Å². The van der Waals surface area contributed by atoms with E-state index in [2.05, 4.69) is 5.16 Å². The van der Waals surface area contributed by atoms with Gasteiger partial charge in [-0.15, -0.1) is 0 Å². The van der Waals surface area contributed by atoms with Crippen LogP contribution in [0, 0.1) is 0 Å². The maximum Gasteiger partial charge on any atom is 0.253 e. The molecule has 0 spiro atoms. The summed E-state index contributed by atoms with van der Waals surface area (Å²) in [5.74, 6) is 0.0718. The minimum Gasteiger partial charge on any atom is -0.464 e. The van der Waals surface area contributed by atoms with Crippen LogP contribution in [0.3, 0.4) is 0 Å². The number of rotatable bonds is 6. The number of primary amides is 1. The summed E-state index contributed by atoms with van der Waals surface area (Å²) < 4.78 is 10.7. The van der Waals surface area contributed by atoms with Gasteiger partial charge < -0.3 is 20.4 Å². The van der Waals surface area contributed by atoms with Gasteiger partial charge in [-0.25, -0.2) is 0 Å². The summed E-state index contributed by atoms with van der Waals surface area (Å²) in [5, 5.41) is 4.70. The minimum atomic E-state index is -0.533. The summed E-state index contributed by atoms with van der Waals surface area (Å²) in [6, 6.07) is 7.84. The first-order valence-electron chi connectivity index (χ1n) is 7.10. The predicted molar refractivity (Wildman–Crippen MR) is 81.4 cm³/mol. The van der Waals surface area contributed by atoms with E-state index in [-0.39, 0.29) is 5.92 Å². The van der Waals surface area contributed by atoms with Gasteiger partial charge in [0, 0.05) is 23.3 Å². The third-order valence-corrected chi connectivity index (χ3v) is 3.87. The summed E-state index contributed by atoms with van der Waals surface area (Å²) >= 11 is 0. The second-order valence-electron chi connectivity index (χ2n) is 5.19. The lowest BCUT2D eigenvalue weighted by atomic mass is 9.93. The molecule has 1 aromatic carbocycles. The van der Waals surface area contributed by atoms with Crippen molar-refractivity contribution >= 4 is 16.9 Å². The van der Waals surface area contributed by atoms with E-state index < -0.39 is 5.91 Å². The first-order valence-corrected chi connectivity index (χ1v) is 7.10. The van der Waals surface area contributed by atoms with E-state index in [1.165, 1.54) is 6.20 Å². The molecule has 0 radical (unpaired) electrons. The van der Waals surface area contributed by atoms with Gasteiger partial charge in [0.1, 0.15) is 16.9 Å². The molecule has 0 aliphatic rings. The Hall–Kier alpha value is -2.60. The van der Waals surface area contributed by atoms with Crippen LogP contribution >= 0.6 is 0 Å². The highest BCUT2D eigenvalue weighted by molar-refractivity contribution is 5.93. The normalized spacial score (nSPS) is 12.6. The van der Waals surface area contributed by atoms with E-state index >= 15 is 0 Å². The van der Waals surface area contributed by atoms with Crippen molar-refractivity contribution in [3.8, 4) is 0 Å². The molecule has 6 heteroatoms. The van der Waals surface area contributed by atoms with Crippen LogP contribution in [-0.4, -0.2) is 17.6 Å². The summed E-state index contributed by atoms with van der Waals surface area (Å²) in [4.78, 5) is 11.3. The molecule has 0 fully saturated rings. The lowest BCUT2D eigenvalue weighted by Gasteiger charge is -2.12. The van der Waals surface area contributed by atoms with Gasteiger partial charge in [0.05, 0.1) is 12.5 Å². The summed E-state index contributed by atoms with van der Waals surface area (Å²) in [6.07, 6.45) is 4.36. The van der Waals surface area contributed by atoms with Gasteiger partial charge in [-0.1, -0.05) is 23.4 Å². The van der Waals surface area contributed by atoms with E-state index in [1.807, 2.05) is 24.3 Å². The van der Waals surface area contributed by atoms with Crippen LogP contribution in [0.2, 0.25) is 0 Å². The smallest absolute Gasteiger partial charge is 0.253 e. The number of fused-ring (bicyclic) bond motifs is 1. The van der Waals surface area contributed by atoms with E-state index in [0.29, 0.717) is 24.3 Å². The first-order chi connectivity index (χ1) is 10.7. The van der Waals surface area contributed by atoms with Crippen LogP contribution in [0.25, 0.3) is 11.0 Å². The van der Waals surface area contributed by atoms with Crippen LogP contribution in [0.1, 0.15) is 34.0 Å². The zero-order valence-electron chi connectivity index (χ0n) is 12.0. The maximum absolute atomic E-state index is 11.3. The molecule has 0 aliphatic heterocycles. The van der Waals surface area contributed by atoms with Crippen molar-refractivity contribution in [1.29, 1.82) is 0 Å². The van der Waals surface area contributed by atoms with E-state index in [9.17, 15) is 4.79 Å². The molecule has 1 unspecified atom stereocenters. The number of carbonyl (C=O) groups excluding carboxylic acids is 1. The predicted octanol–water partition coefficient (Wildman–Crippen LogP) is 2.19. The molecule has 1 amide bonds. The molecule has 6 nitrogen and oxygen atoms in total.